The van der Waals surface area contributed by atoms with Crippen molar-refractivity contribution in [2.24, 2.45) is 0 Å². The van der Waals surface area contributed by atoms with E-state index in [0.29, 0.717) is 5.92 Å². The highest BCUT2D eigenvalue weighted by Crippen LogP contribution is 2.46. The van der Waals surface area contributed by atoms with Crippen molar-refractivity contribution in [3.8, 4) is 11.1 Å². The molecule has 0 aromatic heterocycles. The van der Waals surface area contributed by atoms with Gasteiger partial charge in [0.25, 0.3) is 0 Å². The number of allylic oxidation sites excluding steroid dienone is 4. The molecule has 0 saturated carbocycles. The molecule has 6 rings (SSSR count). The molecular formula is C30H20Br2P+. The molecule has 0 fully saturated rings. The van der Waals surface area contributed by atoms with E-state index in [9.17, 15) is 0 Å². The van der Waals surface area contributed by atoms with Crippen molar-refractivity contribution < 1.29 is 0 Å². The molecule has 0 bridgehead atoms. The number of hydrogen-bond donors (Lipinski definition) is 0. The molecule has 1 aliphatic heterocycles. The summed E-state index contributed by atoms with van der Waals surface area (Å²) in [5.41, 5.74) is 6.56. The van der Waals surface area contributed by atoms with Crippen LogP contribution in [0.15, 0.2) is 124 Å². The lowest BCUT2D eigenvalue weighted by molar-refractivity contribution is 1.19. The molecule has 0 N–H and O–H groups in total. The van der Waals surface area contributed by atoms with Crippen molar-refractivity contribution >= 4 is 60.9 Å². The van der Waals surface area contributed by atoms with E-state index in [2.05, 4.69) is 147 Å². The minimum absolute atomic E-state index is 0.299. The van der Waals surface area contributed by atoms with Crippen LogP contribution in [0.2, 0.25) is 0 Å². The molecule has 2 unspecified atom stereocenters. The van der Waals surface area contributed by atoms with Gasteiger partial charge in [-0.15, -0.1) is 0 Å². The van der Waals surface area contributed by atoms with Gasteiger partial charge in [-0.3, -0.25) is 0 Å². The molecule has 33 heavy (non-hydrogen) atoms. The van der Waals surface area contributed by atoms with E-state index < -0.39 is 7.55 Å². The Morgan fingerprint density at radius 3 is 1.97 bits per heavy atom. The first-order chi connectivity index (χ1) is 16.2. The van der Waals surface area contributed by atoms with Gasteiger partial charge in [0.15, 0.2) is 18.2 Å². The molecule has 1 aliphatic carbocycles. The van der Waals surface area contributed by atoms with Crippen LogP contribution in [0.3, 0.4) is 0 Å². The van der Waals surface area contributed by atoms with E-state index in [0.717, 1.165) is 8.95 Å². The third-order valence-corrected chi connectivity index (χ3v) is 9.80. The van der Waals surface area contributed by atoms with Gasteiger partial charge in [0, 0.05) is 26.6 Å². The lowest BCUT2D eigenvalue weighted by atomic mass is 9.86. The molecule has 0 saturated heterocycles. The predicted octanol–water partition coefficient (Wildman–Crippen LogP) is 8.23. The summed E-state index contributed by atoms with van der Waals surface area (Å²) in [6.45, 7) is 0. The van der Waals surface area contributed by atoms with Crippen molar-refractivity contribution in [2.45, 2.75) is 5.92 Å². The lowest BCUT2D eigenvalue weighted by Crippen LogP contribution is -2.09. The normalized spacial score (nSPS) is 17.5. The number of benzene rings is 4. The van der Waals surface area contributed by atoms with Crippen LogP contribution in [0.4, 0.5) is 0 Å². The number of fused-ring (bicyclic) bond motifs is 3. The Balaban J connectivity index is 1.56. The summed E-state index contributed by atoms with van der Waals surface area (Å²) in [5, 5.41) is 4.35. The van der Waals surface area contributed by atoms with Crippen LogP contribution in [0.25, 0.3) is 16.7 Å². The second-order valence-electron chi connectivity index (χ2n) is 8.33. The molecule has 158 valence electrons. The SMILES string of the molecule is Brc1cc(Br)cc([P+]2=C3C=CC(c4ccccc4)=CC3c3cc(-c4ccccc4)ccc32)c1. The van der Waals surface area contributed by atoms with Crippen LogP contribution in [0.1, 0.15) is 17.0 Å². The first-order valence-corrected chi connectivity index (χ1v) is 13.9. The molecule has 0 amide bonds. The molecule has 3 heteroatoms. The van der Waals surface area contributed by atoms with Gasteiger partial charge < -0.3 is 0 Å². The van der Waals surface area contributed by atoms with Crippen LogP contribution in [-0.2, 0) is 0 Å². The highest BCUT2D eigenvalue weighted by Gasteiger charge is 2.41. The van der Waals surface area contributed by atoms with Gasteiger partial charge in [-0.25, -0.2) is 0 Å². The van der Waals surface area contributed by atoms with E-state index in [1.165, 1.54) is 43.7 Å². The van der Waals surface area contributed by atoms with E-state index >= 15 is 0 Å². The summed E-state index contributed by atoms with van der Waals surface area (Å²) >= 11 is 7.42. The lowest BCUT2D eigenvalue weighted by Gasteiger charge is -2.14. The van der Waals surface area contributed by atoms with Gasteiger partial charge in [0.1, 0.15) is 5.29 Å². The van der Waals surface area contributed by atoms with Crippen LogP contribution >= 0.6 is 39.4 Å². The van der Waals surface area contributed by atoms with Crippen LogP contribution in [0, 0.1) is 0 Å². The summed E-state index contributed by atoms with van der Waals surface area (Å²) in [4.78, 5) is 0. The molecule has 0 radical (unpaired) electrons. The summed E-state index contributed by atoms with van der Waals surface area (Å²) in [5.74, 6) is 0.299. The molecule has 4 aromatic rings. The van der Waals surface area contributed by atoms with E-state index in [1.54, 1.807) is 0 Å². The summed E-state index contributed by atoms with van der Waals surface area (Å²) in [6.07, 6.45) is 7.15. The fourth-order valence-corrected chi connectivity index (χ4v) is 9.24. The molecule has 2 aliphatic rings. The van der Waals surface area contributed by atoms with E-state index in [4.69, 9.17) is 0 Å². The zero-order valence-corrected chi connectivity index (χ0v) is 21.8. The van der Waals surface area contributed by atoms with Gasteiger partial charge >= 0.3 is 0 Å². The zero-order chi connectivity index (χ0) is 22.4. The predicted molar refractivity (Wildman–Crippen MR) is 151 cm³/mol. The number of hydrogen-bond acceptors (Lipinski definition) is 0. The topological polar surface area (TPSA) is 0 Å². The highest BCUT2D eigenvalue weighted by molar-refractivity contribution is 9.11. The second kappa shape index (κ2) is 8.69. The molecule has 4 aromatic carbocycles. The average Bonchev–Trinajstić information content (AvgIpc) is 3.17. The standard InChI is InChI=1S/C30H20Br2P/c31-24-17-25(32)19-26(18-24)33-29-13-11-22(20-7-3-1-4-8-20)15-27(29)28-16-23(12-14-30(28)33)21-9-5-2-6-10-21/h1-19,27H/q+1. The minimum atomic E-state index is -0.590. The first kappa shape index (κ1) is 21.1. The molecule has 0 nitrogen and oxygen atoms in total. The highest BCUT2D eigenvalue weighted by atomic mass is 79.9. The monoisotopic (exact) mass is 569 g/mol. The van der Waals surface area contributed by atoms with Gasteiger partial charge in [-0.1, -0.05) is 105 Å². The largest absolute Gasteiger partial charge is 0.174 e. The Labute approximate surface area is 212 Å². The summed E-state index contributed by atoms with van der Waals surface area (Å²) in [6, 6.07) is 35.2. The molecular weight excluding hydrogens is 551 g/mol. The van der Waals surface area contributed by atoms with Crippen LogP contribution in [0.5, 0.6) is 0 Å². The quantitative estimate of drug-likeness (QED) is 0.218. The smallest absolute Gasteiger partial charge is 0.0622 e. The van der Waals surface area contributed by atoms with E-state index in [-0.39, 0.29) is 0 Å². The van der Waals surface area contributed by atoms with Gasteiger partial charge in [0.2, 0.25) is 0 Å². The van der Waals surface area contributed by atoms with Gasteiger partial charge in [-0.05, 0) is 52.6 Å². The Morgan fingerprint density at radius 1 is 0.606 bits per heavy atom. The molecule has 1 heterocycles. The summed E-state index contributed by atoms with van der Waals surface area (Å²) in [7, 11) is -0.590. The fraction of sp³-hybridized carbons (Fsp3) is 0.0333. The van der Waals surface area contributed by atoms with Gasteiger partial charge in [0.05, 0.1) is 5.92 Å². The molecule has 0 spiro atoms. The van der Waals surface area contributed by atoms with E-state index in [1.807, 2.05) is 0 Å². The van der Waals surface area contributed by atoms with Crippen molar-refractivity contribution in [1.82, 2.24) is 0 Å². The third kappa shape index (κ3) is 3.91. The van der Waals surface area contributed by atoms with Crippen LogP contribution in [-0.4, -0.2) is 5.29 Å². The zero-order valence-electron chi connectivity index (χ0n) is 17.8. The maximum absolute atomic E-state index is 3.71. The third-order valence-electron chi connectivity index (χ3n) is 6.28. The Kier molecular flexibility index (Phi) is 5.54. The van der Waals surface area contributed by atoms with Crippen molar-refractivity contribution in [2.75, 3.05) is 0 Å². The average molecular weight is 571 g/mol. The van der Waals surface area contributed by atoms with Gasteiger partial charge in [-0.2, -0.15) is 0 Å². The molecule has 2 atom stereocenters. The maximum Gasteiger partial charge on any atom is 0.174 e. The Morgan fingerprint density at radius 2 is 1.27 bits per heavy atom. The second-order valence-corrected chi connectivity index (χ2v) is 12.3. The number of rotatable bonds is 3. The fourth-order valence-electron chi connectivity index (χ4n) is 4.80. The van der Waals surface area contributed by atoms with Crippen LogP contribution < -0.4 is 10.6 Å². The summed E-state index contributed by atoms with van der Waals surface area (Å²) < 4.78 is 2.22. The van der Waals surface area contributed by atoms with Crippen molar-refractivity contribution in [3.63, 3.8) is 0 Å². The minimum Gasteiger partial charge on any atom is -0.0622 e. The first-order valence-electron chi connectivity index (χ1n) is 11.0. The Bertz CT molecular complexity index is 1440. The number of halogens is 2. The van der Waals surface area contributed by atoms with Crippen molar-refractivity contribution in [1.29, 1.82) is 0 Å². The van der Waals surface area contributed by atoms with Crippen molar-refractivity contribution in [3.05, 3.63) is 135 Å². The maximum atomic E-state index is 3.71. The Hall–Kier alpha value is -2.51.